The third-order valence-corrected chi connectivity index (χ3v) is 5.02. The van der Waals surface area contributed by atoms with Gasteiger partial charge < -0.3 is 24.7 Å². The Bertz CT molecular complexity index is 972. The smallest absolute Gasteiger partial charge is 0.295 e. The van der Waals surface area contributed by atoms with Crippen molar-refractivity contribution < 1.29 is 24.5 Å². The Morgan fingerprint density at radius 3 is 2.53 bits per heavy atom. The predicted molar refractivity (Wildman–Crippen MR) is 111 cm³/mol. The van der Waals surface area contributed by atoms with Gasteiger partial charge in [0.25, 0.3) is 11.7 Å². The number of aromatic hydroxyl groups is 1. The summed E-state index contributed by atoms with van der Waals surface area (Å²) in [7, 11) is 5.28. The molecule has 30 heavy (non-hydrogen) atoms. The zero-order valence-corrected chi connectivity index (χ0v) is 17.2. The number of hydrogen-bond donors (Lipinski definition) is 2. The fourth-order valence-electron chi connectivity index (χ4n) is 3.54. The van der Waals surface area contributed by atoms with Gasteiger partial charge in [-0.2, -0.15) is 0 Å². The standard InChI is InChI=1S/C22H25N3O5/c1-24(2)11-4-12-25-19(15-5-6-16(26)17(13-15)30-3)18(21(28)22(25)29)20(27)14-7-9-23-10-8-14/h5-10,13,19,26-27H,4,11-12H2,1-3H3. The number of methoxy groups -OCH3 is 1. The summed E-state index contributed by atoms with van der Waals surface area (Å²) in [4.78, 5) is 33.2. The van der Waals surface area contributed by atoms with E-state index >= 15 is 0 Å². The van der Waals surface area contributed by atoms with Crippen LogP contribution in [0.1, 0.15) is 23.6 Å². The summed E-state index contributed by atoms with van der Waals surface area (Å²) in [5.41, 5.74) is 0.958. The Kier molecular flexibility index (Phi) is 6.37. The Labute approximate surface area is 175 Å². The monoisotopic (exact) mass is 411 g/mol. The minimum absolute atomic E-state index is 0.00351. The Morgan fingerprint density at radius 2 is 1.90 bits per heavy atom. The molecule has 0 spiro atoms. The second kappa shape index (κ2) is 8.96. The molecule has 1 aliphatic rings. The number of likely N-dealkylation sites (tertiary alicyclic amines) is 1. The summed E-state index contributed by atoms with van der Waals surface area (Å²) in [5, 5.41) is 20.9. The maximum atomic E-state index is 12.9. The fourth-order valence-corrected chi connectivity index (χ4v) is 3.54. The minimum atomic E-state index is -0.796. The number of ketones is 1. The van der Waals surface area contributed by atoms with Gasteiger partial charge in [0.15, 0.2) is 11.5 Å². The second-order valence-corrected chi connectivity index (χ2v) is 7.32. The number of aromatic nitrogens is 1. The van der Waals surface area contributed by atoms with Gasteiger partial charge in [-0.1, -0.05) is 6.07 Å². The number of Topliss-reactive ketones (excluding diaryl/α,β-unsaturated/α-hetero) is 1. The van der Waals surface area contributed by atoms with Crippen molar-refractivity contribution >= 4 is 17.4 Å². The molecule has 3 rings (SSSR count). The number of ether oxygens (including phenoxy) is 1. The van der Waals surface area contributed by atoms with Crippen LogP contribution in [0.2, 0.25) is 0 Å². The molecule has 0 aliphatic carbocycles. The average molecular weight is 411 g/mol. The highest BCUT2D eigenvalue weighted by molar-refractivity contribution is 6.46. The molecule has 1 unspecified atom stereocenters. The normalized spacial score (nSPS) is 18.3. The first-order valence-electron chi connectivity index (χ1n) is 9.55. The van der Waals surface area contributed by atoms with E-state index in [1.807, 2.05) is 19.0 Å². The van der Waals surface area contributed by atoms with E-state index in [0.717, 1.165) is 6.54 Å². The van der Waals surface area contributed by atoms with Gasteiger partial charge in [0.05, 0.1) is 18.7 Å². The molecular weight excluding hydrogens is 386 g/mol. The molecule has 0 saturated carbocycles. The minimum Gasteiger partial charge on any atom is -0.507 e. The summed E-state index contributed by atoms with van der Waals surface area (Å²) in [5.74, 6) is -1.51. The summed E-state index contributed by atoms with van der Waals surface area (Å²) in [6.45, 7) is 1.07. The lowest BCUT2D eigenvalue weighted by molar-refractivity contribution is -0.139. The van der Waals surface area contributed by atoms with Gasteiger partial charge in [0.2, 0.25) is 0 Å². The van der Waals surface area contributed by atoms with Crippen LogP contribution in [-0.4, -0.2) is 71.0 Å². The van der Waals surface area contributed by atoms with Crippen LogP contribution in [0.5, 0.6) is 11.5 Å². The lowest BCUT2D eigenvalue weighted by atomic mass is 9.95. The Balaban J connectivity index is 2.12. The first kappa shape index (κ1) is 21.3. The number of nitrogens with zero attached hydrogens (tertiary/aromatic N) is 3. The largest absolute Gasteiger partial charge is 0.507 e. The maximum absolute atomic E-state index is 12.9. The molecule has 1 amide bonds. The molecule has 1 atom stereocenters. The van der Waals surface area contributed by atoms with Gasteiger partial charge in [0, 0.05) is 24.5 Å². The molecule has 8 heteroatoms. The van der Waals surface area contributed by atoms with Crippen molar-refractivity contribution in [2.24, 2.45) is 0 Å². The highest BCUT2D eigenvalue weighted by Gasteiger charge is 2.46. The zero-order chi connectivity index (χ0) is 21.8. The van der Waals surface area contributed by atoms with Gasteiger partial charge in [0.1, 0.15) is 5.76 Å². The molecule has 1 saturated heterocycles. The number of rotatable bonds is 7. The van der Waals surface area contributed by atoms with Crippen molar-refractivity contribution in [1.82, 2.24) is 14.8 Å². The third kappa shape index (κ3) is 4.13. The van der Waals surface area contributed by atoms with E-state index in [2.05, 4.69) is 4.98 Å². The van der Waals surface area contributed by atoms with E-state index in [0.29, 0.717) is 24.1 Å². The topological polar surface area (TPSA) is 103 Å². The lowest BCUT2D eigenvalue weighted by Gasteiger charge is -2.26. The quantitative estimate of drug-likeness (QED) is 0.409. The van der Waals surface area contributed by atoms with Gasteiger partial charge in [-0.15, -0.1) is 0 Å². The fraction of sp³-hybridized carbons (Fsp3) is 0.318. The number of aliphatic hydroxyl groups is 1. The maximum Gasteiger partial charge on any atom is 0.295 e. The summed E-state index contributed by atoms with van der Waals surface area (Å²) in [6, 6.07) is 6.99. The van der Waals surface area contributed by atoms with Crippen LogP contribution in [0.25, 0.3) is 5.76 Å². The van der Waals surface area contributed by atoms with Crippen molar-refractivity contribution in [3.63, 3.8) is 0 Å². The van der Waals surface area contributed by atoms with Crippen molar-refractivity contribution in [3.05, 3.63) is 59.4 Å². The van der Waals surface area contributed by atoms with Crippen molar-refractivity contribution in [2.45, 2.75) is 12.5 Å². The van der Waals surface area contributed by atoms with E-state index in [9.17, 15) is 19.8 Å². The molecule has 2 aromatic rings. The molecule has 158 valence electrons. The van der Waals surface area contributed by atoms with Crippen molar-refractivity contribution in [3.8, 4) is 11.5 Å². The number of pyridine rings is 1. The first-order valence-corrected chi connectivity index (χ1v) is 9.55. The van der Waals surface area contributed by atoms with Gasteiger partial charge in [-0.05, 0) is 56.9 Å². The second-order valence-electron chi connectivity index (χ2n) is 7.32. The number of benzene rings is 1. The summed E-state index contributed by atoms with van der Waals surface area (Å²) in [6.07, 6.45) is 3.66. The molecule has 8 nitrogen and oxygen atoms in total. The van der Waals surface area contributed by atoms with Crippen LogP contribution in [0.3, 0.4) is 0 Å². The zero-order valence-electron chi connectivity index (χ0n) is 17.2. The molecule has 1 fully saturated rings. The number of phenolic OH excluding ortho intramolecular Hbond substituents is 1. The summed E-state index contributed by atoms with van der Waals surface area (Å²) >= 11 is 0. The van der Waals surface area contributed by atoms with E-state index in [1.54, 1.807) is 24.3 Å². The number of aliphatic hydroxyl groups excluding tert-OH is 1. The van der Waals surface area contributed by atoms with Crippen molar-refractivity contribution in [2.75, 3.05) is 34.3 Å². The van der Waals surface area contributed by atoms with Crippen LogP contribution in [0.4, 0.5) is 0 Å². The van der Waals surface area contributed by atoms with Gasteiger partial charge in [-0.25, -0.2) is 0 Å². The predicted octanol–water partition coefficient (Wildman–Crippen LogP) is 2.17. The molecule has 0 bridgehead atoms. The molecule has 2 heterocycles. The van der Waals surface area contributed by atoms with E-state index in [1.165, 1.54) is 30.5 Å². The van der Waals surface area contributed by atoms with Crippen molar-refractivity contribution in [1.29, 1.82) is 0 Å². The van der Waals surface area contributed by atoms with Gasteiger partial charge in [-0.3, -0.25) is 14.6 Å². The van der Waals surface area contributed by atoms with Crippen LogP contribution < -0.4 is 4.74 Å². The lowest BCUT2D eigenvalue weighted by Crippen LogP contribution is -2.32. The highest BCUT2D eigenvalue weighted by atomic mass is 16.5. The number of phenols is 1. The molecule has 2 N–H and O–H groups in total. The van der Waals surface area contributed by atoms with Gasteiger partial charge >= 0.3 is 0 Å². The number of amides is 1. The Hall–Kier alpha value is -3.39. The third-order valence-electron chi connectivity index (χ3n) is 5.02. The molecule has 1 aliphatic heterocycles. The van der Waals surface area contributed by atoms with E-state index < -0.39 is 17.7 Å². The number of carbonyl (C=O) groups is 2. The molecular formula is C22H25N3O5. The average Bonchev–Trinajstić information content (AvgIpc) is 2.99. The van der Waals surface area contributed by atoms with Crippen LogP contribution in [0, 0.1) is 0 Å². The van der Waals surface area contributed by atoms with Crippen LogP contribution >= 0.6 is 0 Å². The molecule has 1 aromatic heterocycles. The molecule has 0 radical (unpaired) electrons. The molecule has 1 aromatic carbocycles. The van der Waals surface area contributed by atoms with E-state index in [-0.39, 0.29) is 22.8 Å². The SMILES string of the molecule is COc1cc(C2C(=C(O)c3ccncc3)C(=O)C(=O)N2CCCN(C)C)ccc1O. The number of carbonyl (C=O) groups excluding carboxylic acids is 2. The highest BCUT2D eigenvalue weighted by Crippen LogP contribution is 2.41. The number of hydrogen-bond acceptors (Lipinski definition) is 7. The van der Waals surface area contributed by atoms with Crippen LogP contribution in [0.15, 0.2) is 48.3 Å². The van der Waals surface area contributed by atoms with E-state index in [4.69, 9.17) is 4.74 Å². The van der Waals surface area contributed by atoms with Crippen LogP contribution in [-0.2, 0) is 9.59 Å². The summed E-state index contributed by atoms with van der Waals surface area (Å²) < 4.78 is 5.20. The Morgan fingerprint density at radius 1 is 1.20 bits per heavy atom. The first-order chi connectivity index (χ1) is 14.3.